The Kier molecular flexibility index (Phi) is 8.24. The molecule has 0 radical (unpaired) electrons. The Morgan fingerprint density at radius 2 is 1.37 bits per heavy atom. The van der Waals surface area contributed by atoms with Crippen molar-refractivity contribution in [3.63, 3.8) is 0 Å². The Bertz CT molecular complexity index is 2060. The summed E-state index contributed by atoms with van der Waals surface area (Å²) in [5.41, 5.74) is 5.78. The molecule has 2 amide bonds. The fourth-order valence-corrected chi connectivity index (χ4v) is 6.61. The predicted octanol–water partition coefficient (Wildman–Crippen LogP) is 8.28. The van der Waals surface area contributed by atoms with Crippen molar-refractivity contribution >= 4 is 74.9 Å². The van der Waals surface area contributed by atoms with E-state index in [0.717, 1.165) is 38.1 Å². The third kappa shape index (κ3) is 5.68. The number of nitro benzene ring substituents is 1. The molecule has 0 saturated carbocycles. The van der Waals surface area contributed by atoms with Gasteiger partial charge >= 0.3 is 0 Å². The maximum absolute atomic E-state index is 14.1. The highest BCUT2D eigenvalue weighted by Crippen LogP contribution is 2.39. The second-order valence-electron chi connectivity index (χ2n) is 11.1. The molecule has 1 aliphatic rings. The first-order chi connectivity index (χ1) is 22.0. The number of amides is 2. The molecule has 0 aliphatic carbocycles. The summed E-state index contributed by atoms with van der Waals surface area (Å²) in [7, 11) is 0. The van der Waals surface area contributed by atoms with Crippen LogP contribution in [0.3, 0.4) is 0 Å². The summed E-state index contributed by atoms with van der Waals surface area (Å²) in [6, 6.07) is 25.2. The maximum atomic E-state index is 14.1. The van der Waals surface area contributed by atoms with Gasteiger partial charge in [-0.1, -0.05) is 48.2 Å². The molecule has 1 aliphatic heterocycles. The van der Waals surface area contributed by atoms with E-state index in [0.29, 0.717) is 21.8 Å². The Labute approximate surface area is 275 Å². The van der Waals surface area contributed by atoms with Gasteiger partial charge in [0, 0.05) is 22.5 Å². The molecule has 6 rings (SSSR count). The molecule has 5 aromatic rings. The van der Waals surface area contributed by atoms with Crippen molar-refractivity contribution in [2.24, 2.45) is 0 Å². The van der Waals surface area contributed by atoms with Gasteiger partial charge in [-0.15, -0.1) is 0 Å². The second-order valence-corrected chi connectivity index (χ2v) is 12.5. The lowest BCUT2D eigenvalue weighted by Gasteiger charge is -2.37. The van der Waals surface area contributed by atoms with Gasteiger partial charge in [-0.25, -0.2) is 0 Å². The molecule has 10 heteroatoms. The molecule has 0 bridgehead atoms. The van der Waals surface area contributed by atoms with Crippen LogP contribution in [0, 0.1) is 37.8 Å². The molecular formula is C36H28N4O4S2. The van der Waals surface area contributed by atoms with Gasteiger partial charge in [0.15, 0.2) is 5.11 Å². The van der Waals surface area contributed by atoms with Gasteiger partial charge in [-0.2, -0.15) is 0 Å². The van der Waals surface area contributed by atoms with Gasteiger partial charge in [-0.3, -0.25) is 34.5 Å². The van der Waals surface area contributed by atoms with E-state index in [-0.39, 0.29) is 16.4 Å². The third-order valence-corrected chi connectivity index (χ3v) is 9.53. The molecular weight excluding hydrogens is 617 g/mol. The summed E-state index contributed by atoms with van der Waals surface area (Å²) >= 11 is 7.03. The first-order valence-corrected chi connectivity index (χ1v) is 15.6. The number of thiocarbonyl (C=S) groups is 1. The van der Waals surface area contributed by atoms with Gasteiger partial charge in [0.2, 0.25) is 0 Å². The monoisotopic (exact) mass is 644 g/mol. The van der Waals surface area contributed by atoms with Crippen LogP contribution in [0.15, 0.2) is 106 Å². The topological polar surface area (TPSA) is 96.6 Å². The zero-order valence-electron chi connectivity index (χ0n) is 25.5. The quantitative estimate of drug-likeness (QED) is 0.0603. The van der Waals surface area contributed by atoms with Crippen LogP contribution in [0.2, 0.25) is 0 Å². The number of rotatable bonds is 6. The van der Waals surface area contributed by atoms with E-state index in [1.165, 1.54) is 33.7 Å². The van der Waals surface area contributed by atoms with Crippen LogP contribution in [0.25, 0.3) is 17.0 Å². The van der Waals surface area contributed by atoms with Crippen LogP contribution in [-0.2, 0) is 9.59 Å². The lowest BCUT2D eigenvalue weighted by molar-refractivity contribution is -0.387. The molecule has 0 atom stereocenters. The van der Waals surface area contributed by atoms with E-state index in [1.807, 2.05) is 82.3 Å². The van der Waals surface area contributed by atoms with Crippen molar-refractivity contribution in [2.75, 3.05) is 9.80 Å². The van der Waals surface area contributed by atoms with Crippen molar-refractivity contribution in [3.05, 3.63) is 135 Å². The molecule has 0 N–H and O–H groups in total. The van der Waals surface area contributed by atoms with E-state index in [1.54, 1.807) is 30.5 Å². The SMILES string of the molecule is Cc1ccc(N2C(=O)C(=Cc3ccc(Sc4cccc5cccnc45)c([N+](=O)[O-])c3)C(=O)N(c3ccc(C)c(C)c3)C2=S)cc1C. The summed E-state index contributed by atoms with van der Waals surface area (Å²) < 4.78 is 0. The first-order valence-electron chi connectivity index (χ1n) is 14.4. The van der Waals surface area contributed by atoms with Crippen LogP contribution < -0.4 is 9.80 Å². The number of benzene rings is 4. The van der Waals surface area contributed by atoms with Gasteiger partial charge in [0.25, 0.3) is 17.5 Å². The minimum absolute atomic E-state index is 0.0279. The van der Waals surface area contributed by atoms with Crippen molar-refractivity contribution < 1.29 is 14.5 Å². The van der Waals surface area contributed by atoms with Crippen molar-refractivity contribution in [1.82, 2.24) is 4.98 Å². The second kappa shape index (κ2) is 12.3. The fourth-order valence-electron chi connectivity index (χ4n) is 5.21. The zero-order chi connectivity index (χ0) is 32.7. The smallest absolute Gasteiger partial charge is 0.268 e. The highest BCUT2D eigenvalue weighted by molar-refractivity contribution is 7.99. The van der Waals surface area contributed by atoms with Crippen molar-refractivity contribution in [2.45, 2.75) is 37.5 Å². The number of carbonyl (C=O) groups is 2. The van der Waals surface area contributed by atoms with Crippen molar-refractivity contribution in [3.8, 4) is 0 Å². The van der Waals surface area contributed by atoms with Gasteiger partial charge in [0.05, 0.1) is 26.7 Å². The van der Waals surface area contributed by atoms with Crippen LogP contribution in [0.1, 0.15) is 27.8 Å². The number of fused-ring (bicyclic) bond motifs is 1. The number of pyridine rings is 1. The Balaban J connectivity index is 1.45. The van der Waals surface area contributed by atoms with E-state index < -0.39 is 16.7 Å². The molecule has 4 aromatic carbocycles. The Hall–Kier alpha value is -5.19. The highest BCUT2D eigenvalue weighted by atomic mass is 32.2. The van der Waals surface area contributed by atoms with Crippen LogP contribution in [-0.4, -0.2) is 26.8 Å². The first kappa shape index (κ1) is 30.8. The number of aromatic nitrogens is 1. The van der Waals surface area contributed by atoms with Gasteiger partial charge < -0.3 is 0 Å². The lowest BCUT2D eigenvalue weighted by Crippen LogP contribution is -2.57. The van der Waals surface area contributed by atoms with Crippen molar-refractivity contribution in [1.29, 1.82) is 0 Å². The van der Waals surface area contributed by atoms with E-state index >= 15 is 0 Å². The standard InChI is InChI=1S/C36H28N4O4S2/c1-21-10-13-27(17-23(21)3)38-34(41)29(35(42)39(36(38)45)28-14-11-22(2)24(4)18-28)19-25-12-15-31(30(20-25)40(43)44)46-32-9-5-7-26-8-6-16-37-33(26)32/h5-20H,1-4H3. The summed E-state index contributed by atoms with van der Waals surface area (Å²) in [4.78, 5) is 48.3. The number of nitro groups is 1. The number of para-hydroxylation sites is 1. The summed E-state index contributed by atoms with van der Waals surface area (Å²) in [6.45, 7) is 7.81. The van der Waals surface area contributed by atoms with Crippen LogP contribution in [0.5, 0.6) is 0 Å². The Morgan fingerprint density at radius 1 is 0.761 bits per heavy atom. The molecule has 8 nitrogen and oxygen atoms in total. The summed E-state index contributed by atoms with van der Waals surface area (Å²) in [6.07, 6.45) is 3.08. The number of hydrogen-bond donors (Lipinski definition) is 0. The molecule has 46 heavy (non-hydrogen) atoms. The maximum Gasteiger partial charge on any atom is 0.283 e. The van der Waals surface area contributed by atoms with Gasteiger partial charge in [-0.05, 0) is 116 Å². The van der Waals surface area contributed by atoms with Crippen LogP contribution in [0.4, 0.5) is 17.1 Å². The molecule has 228 valence electrons. The molecule has 1 saturated heterocycles. The normalized spacial score (nSPS) is 13.5. The lowest BCUT2D eigenvalue weighted by atomic mass is 10.0. The number of anilines is 2. The minimum atomic E-state index is -0.610. The van der Waals surface area contributed by atoms with Crippen LogP contribution >= 0.6 is 24.0 Å². The number of hydrogen-bond acceptors (Lipinski definition) is 7. The van der Waals surface area contributed by atoms with E-state index in [4.69, 9.17) is 12.2 Å². The molecule has 1 fully saturated rings. The van der Waals surface area contributed by atoms with Gasteiger partial charge in [0.1, 0.15) is 5.57 Å². The number of carbonyl (C=O) groups excluding carboxylic acids is 2. The fraction of sp³-hybridized carbons (Fsp3) is 0.111. The molecule has 0 spiro atoms. The van der Waals surface area contributed by atoms with E-state index in [9.17, 15) is 19.7 Å². The number of aryl methyl sites for hydroxylation is 4. The summed E-state index contributed by atoms with van der Waals surface area (Å²) in [5.74, 6) is -1.22. The zero-order valence-corrected chi connectivity index (χ0v) is 27.1. The Morgan fingerprint density at radius 3 is 1.96 bits per heavy atom. The number of nitrogens with zero attached hydrogens (tertiary/aromatic N) is 4. The highest BCUT2D eigenvalue weighted by Gasteiger charge is 2.41. The summed E-state index contributed by atoms with van der Waals surface area (Å²) in [5, 5.41) is 13.2. The average Bonchev–Trinajstić information content (AvgIpc) is 3.03. The average molecular weight is 645 g/mol. The molecule has 0 unspecified atom stereocenters. The predicted molar refractivity (Wildman–Crippen MR) is 186 cm³/mol. The molecule has 2 heterocycles. The largest absolute Gasteiger partial charge is 0.283 e. The molecule has 1 aromatic heterocycles. The minimum Gasteiger partial charge on any atom is -0.268 e. The van der Waals surface area contributed by atoms with E-state index in [2.05, 4.69) is 4.98 Å². The third-order valence-electron chi connectivity index (χ3n) is 8.05.